The predicted molar refractivity (Wildman–Crippen MR) is 66.5 cm³/mol. The number of aromatic nitrogens is 3. The first-order chi connectivity index (χ1) is 8.75. The molecule has 0 saturated heterocycles. The predicted octanol–water partition coefficient (Wildman–Crippen LogP) is 1.48. The van der Waals surface area contributed by atoms with Gasteiger partial charge in [0.2, 0.25) is 0 Å². The van der Waals surface area contributed by atoms with Crippen molar-refractivity contribution in [1.82, 2.24) is 15.0 Å². The molecule has 0 spiro atoms. The molecule has 0 bridgehead atoms. The van der Waals surface area contributed by atoms with Gasteiger partial charge in [-0.1, -0.05) is 11.3 Å². The van der Waals surface area contributed by atoms with Crippen molar-refractivity contribution in [3.63, 3.8) is 0 Å². The van der Waals surface area contributed by atoms with E-state index < -0.39 is 5.97 Å². The third-order valence-corrected chi connectivity index (χ3v) is 2.47. The second-order valence-corrected chi connectivity index (χ2v) is 3.83. The van der Waals surface area contributed by atoms with Gasteiger partial charge in [0.05, 0.1) is 11.8 Å². The maximum Gasteiger partial charge on any atom is 0.335 e. The van der Waals surface area contributed by atoms with Gasteiger partial charge in [-0.15, -0.1) is 5.10 Å². The fraction of sp³-hybridized carbons (Fsp3) is 0.250. The van der Waals surface area contributed by atoms with Crippen LogP contribution in [0.3, 0.4) is 0 Å². The Labute approximate surface area is 104 Å². The summed E-state index contributed by atoms with van der Waals surface area (Å²) < 4.78 is 1.76. The van der Waals surface area contributed by atoms with Crippen LogP contribution in [0, 0.1) is 0 Å². The monoisotopic (exact) mass is 246 g/mol. The van der Waals surface area contributed by atoms with Crippen LogP contribution in [0.25, 0.3) is 0 Å². The highest BCUT2D eigenvalue weighted by Gasteiger charge is 2.02. The van der Waals surface area contributed by atoms with Gasteiger partial charge in [-0.05, 0) is 24.6 Å². The lowest BCUT2D eigenvalue weighted by Gasteiger charge is -2.06. The highest BCUT2D eigenvalue weighted by atomic mass is 16.4. The Bertz CT molecular complexity index is 511. The van der Waals surface area contributed by atoms with Gasteiger partial charge in [-0.2, -0.15) is 0 Å². The lowest BCUT2D eigenvalue weighted by Crippen LogP contribution is -2.07. The van der Waals surface area contributed by atoms with Gasteiger partial charge in [0, 0.05) is 25.0 Å². The second-order valence-electron chi connectivity index (χ2n) is 3.83. The Morgan fingerprint density at radius 3 is 3.06 bits per heavy atom. The molecule has 0 fully saturated rings. The van der Waals surface area contributed by atoms with E-state index >= 15 is 0 Å². The molecule has 0 atom stereocenters. The van der Waals surface area contributed by atoms with Gasteiger partial charge in [0.25, 0.3) is 0 Å². The van der Waals surface area contributed by atoms with E-state index in [9.17, 15) is 4.79 Å². The molecule has 2 N–H and O–H groups in total. The molecule has 2 aromatic rings. The highest BCUT2D eigenvalue weighted by molar-refractivity contribution is 5.88. The van der Waals surface area contributed by atoms with Crippen molar-refractivity contribution in [3.05, 3.63) is 42.2 Å². The molecule has 6 nitrogen and oxygen atoms in total. The van der Waals surface area contributed by atoms with Crippen LogP contribution >= 0.6 is 0 Å². The van der Waals surface area contributed by atoms with E-state index in [1.54, 1.807) is 29.1 Å². The quantitative estimate of drug-likeness (QED) is 0.754. The number of rotatable bonds is 6. The van der Waals surface area contributed by atoms with E-state index in [1.165, 1.54) is 0 Å². The first kappa shape index (κ1) is 12.1. The standard InChI is InChI=1S/C12H14N4O2/c17-12(18)10-3-1-4-11(9-10)13-5-2-7-16-8-6-14-15-16/h1,3-4,6,8-9,13H,2,5,7H2,(H,17,18). The number of carboxylic acids is 1. The lowest BCUT2D eigenvalue weighted by molar-refractivity contribution is 0.0697. The van der Waals surface area contributed by atoms with Gasteiger partial charge in [0.1, 0.15) is 0 Å². The van der Waals surface area contributed by atoms with E-state index in [4.69, 9.17) is 5.11 Å². The normalized spacial score (nSPS) is 10.2. The minimum absolute atomic E-state index is 0.288. The summed E-state index contributed by atoms with van der Waals surface area (Å²) in [5.41, 5.74) is 1.10. The second kappa shape index (κ2) is 5.81. The van der Waals surface area contributed by atoms with Crippen LogP contribution in [0.2, 0.25) is 0 Å². The molecular formula is C12H14N4O2. The number of nitrogens with zero attached hydrogens (tertiary/aromatic N) is 3. The fourth-order valence-electron chi connectivity index (χ4n) is 1.59. The Kier molecular flexibility index (Phi) is 3.90. The zero-order chi connectivity index (χ0) is 12.8. The van der Waals surface area contributed by atoms with Gasteiger partial charge in [-0.3, -0.25) is 4.68 Å². The Balaban J connectivity index is 1.79. The SMILES string of the molecule is O=C(O)c1cccc(NCCCn2ccnn2)c1. The Morgan fingerprint density at radius 1 is 1.44 bits per heavy atom. The molecule has 1 aromatic heterocycles. The van der Waals surface area contributed by atoms with Crippen molar-refractivity contribution in [2.45, 2.75) is 13.0 Å². The van der Waals surface area contributed by atoms with Crippen molar-refractivity contribution >= 4 is 11.7 Å². The molecule has 0 aliphatic carbocycles. The van der Waals surface area contributed by atoms with Gasteiger partial charge in [-0.25, -0.2) is 4.79 Å². The van der Waals surface area contributed by atoms with Gasteiger partial charge in [0.15, 0.2) is 0 Å². The molecule has 6 heteroatoms. The first-order valence-electron chi connectivity index (χ1n) is 5.67. The van der Waals surface area contributed by atoms with Crippen LogP contribution in [0.5, 0.6) is 0 Å². The molecule has 0 aliphatic rings. The maximum atomic E-state index is 10.8. The van der Waals surface area contributed by atoms with Crippen molar-refractivity contribution in [2.75, 3.05) is 11.9 Å². The molecule has 0 amide bonds. The summed E-state index contributed by atoms with van der Waals surface area (Å²) in [5.74, 6) is -0.915. The molecule has 0 aliphatic heterocycles. The van der Waals surface area contributed by atoms with E-state index in [0.29, 0.717) is 0 Å². The summed E-state index contributed by atoms with van der Waals surface area (Å²) >= 11 is 0. The minimum atomic E-state index is -0.915. The van der Waals surface area contributed by atoms with Crippen LogP contribution < -0.4 is 5.32 Å². The zero-order valence-electron chi connectivity index (χ0n) is 9.78. The summed E-state index contributed by atoms with van der Waals surface area (Å²) in [4.78, 5) is 10.8. The average Bonchev–Trinajstić information content (AvgIpc) is 2.88. The number of aromatic carboxylic acids is 1. The van der Waals surface area contributed by atoms with E-state index in [1.807, 2.05) is 12.3 Å². The molecule has 1 heterocycles. The van der Waals surface area contributed by atoms with Crippen LogP contribution in [-0.4, -0.2) is 32.6 Å². The van der Waals surface area contributed by atoms with Gasteiger partial charge >= 0.3 is 5.97 Å². The Hall–Kier alpha value is -2.37. The topological polar surface area (TPSA) is 80.0 Å². The molecular weight excluding hydrogens is 232 g/mol. The highest BCUT2D eigenvalue weighted by Crippen LogP contribution is 2.10. The van der Waals surface area contributed by atoms with Crippen LogP contribution in [0.15, 0.2) is 36.7 Å². The summed E-state index contributed by atoms with van der Waals surface area (Å²) in [6.45, 7) is 1.54. The first-order valence-corrected chi connectivity index (χ1v) is 5.67. The largest absolute Gasteiger partial charge is 0.478 e. The number of hydrogen-bond acceptors (Lipinski definition) is 4. The molecule has 94 valence electrons. The third kappa shape index (κ3) is 3.31. The fourth-order valence-corrected chi connectivity index (χ4v) is 1.59. The lowest BCUT2D eigenvalue weighted by atomic mass is 10.2. The van der Waals surface area contributed by atoms with E-state index in [2.05, 4.69) is 15.6 Å². The number of hydrogen-bond donors (Lipinski definition) is 2. The summed E-state index contributed by atoms with van der Waals surface area (Å²) in [7, 11) is 0. The maximum absolute atomic E-state index is 10.8. The molecule has 2 rings (SSSR count). The van der Waals surface area contributed by atoms with Crippen molar-refractivity contribution in [2.24, 2.45) is 0 Å². The molecule has 0 saturated carbocycles. The molecule has 18 heavy (non-hydrogen) atoms. The number of aryl methyl sites for hydroxylation is 1. The number of benzene rings is 1. The van der Waals surface area contributed by atoms with Crippen molar-refractivity contribution in [1.29, 1.82) is 0 Å². The molecule has 1 aromatic carbocycles. The number of carboxylic acid groups (broad SMARTS) is 1. The van der Waals surface area contributed by atoms with Crippen LogP contribution in [0.4, 0.5) is 5.69 Å². The van der Waals surface area contributed by atoms with Crippen LogP contribution in [0.1, 0.15) is 16.8 Å². The number of carbonyl (C=O) groups is 1. The Morgan fingerprint density at radius 2 is 2.33 bits per heavy atom. The third-order valence-electron chi connectivity index (χ3n) is 2.47. The smallest absolute Gasteiger partial charge is 0.335 e. The average molecular weight is 246 g/mol. The number of nitrogens with one attached hydrogen (secondary N) is 1. The van der Waals surface area contributed by atoms with E-state index in [0.717, 1.165) is 25.2 Å². The van der Waals surface area contributed by atoms with Crippen LogP contribution in [-0.2, 0) is 6.54 Å². The minimum Gasteiger partial charge on any atom is -0.478 e. The zero-order valence-corrected chi connectivity index (χ0v) is 9.78. The van der Waals surface area contributed by atoms with E-state index in [-0.39, 0.29) is 5.56 Å². The molecule has 0 unspecified atom stereocenters. The summed E-state index contributed by atoms with van der Waals surface area (Å²) in [5, 5.41) is 19.6. The van der Waals surface area contributed by atoms with Gasteiger partial charge < -0.3 is 10.4 Å². The summed E-state index contributed by atoms with van der Waals surface area (Å²) in [6, 6.07) is 6.77. The molecule has 0 radical (unpaired) electrons. The number of anilines is 1. The van der Waals surface area contributed by atoms with Crippen molar-refractivity contribution in [3.8, 4) is 0 Å². The summed E-state index contributed by atoms with van der Waals surface area (Å²) in [6.07, 6.45) is 4.34. The van der Waals surface area contributed by atoms with Crippen molar-refractivity contribution < 1.29 is 9.90 Å².